The van der Waals surface area contributed by atoms with Gasteiger partial charge in [0.05, 0.1) is 13.2 Å². The van der Waals surface area contributed by atoms with Crippen LogP contribution < -0.4 is 15.4 Å². The summed E-state index contributed by atoms with van der Waals surface area (Å²) in [7, 11) is 1.61. The number of piperidine rings is 1. The normalized spacial score (nSPS) is 24.8. The van der Waals surface area contributed by atoms with Crippen molar-refractivity contribution in [2.24, 2.45) is 17.8 Å². The fourth-order valence-corrected chi connectivity index (χ4v) is 4.22. The van der Waals surface area contributed by atoms with E-state index in [1.54, 1.807) is 19.2 Å². The monoisotopic (exact) mass is 415 g/mol. The summed E-state index contributed by atoms with van der Waals surface area (Å²) in [6.45, 7) is 5.97. The second-order valence-corrected chi connectivity index (χ2v) is 7.94. The number of carbonyl (C=O) groups excluding carboxylic acids is 1. The lowest BCUT2D eigenvalue weighted by Gasteiger charge is -2.20. The van der Waals surface area contributed by atoms with E-state index in [1.807, 2.05) is 6.92 Å². The number of likely N-dealkylation sites (tertiary alicyclic amines) is 1. The van der Waals surface area contributed by atoms with Gasteiger partial charge in [0, 0.05) is 32.8 Å². The summed E-state index contributed by atoms with van der Waals surface area (Å²) in [6, 6.07) is 6.03. The number of ether oxygens (including phenoxy) is 2. The predicted molar refractivity (Wildman–Crippen MR) is 101 cm³/mol. The molecular weight excluding hydrogens is 387 g/mol. The van der Waals surface area contributed by atoms with Crippen molar-refractivity contribution in [2.45, 2.75) is 25.9 Å². The number of rotatable bonds is 10. The summed E-state index contributed by atoms with van der Waals surface area (Å²) >= 11 is 0. The third-order valence-corrected chi connectivity index (χ3v) is 5.48. The first-order chi connectivity index (χ1) is 13.7. The van der Waals surface area contributed by atoms with E-state index >= 15 is 0 Å². The number of hydrogen-bond donors (Lipinski definition) is 2. The standard InChI is InChI=1S/C20H28F3N3O3/c1-13(12-28-2)25-19(27)11-26-9-17-16(18(17)10-26)8-24-7-14-4-3-5-15(6-14)29-20(21,22)23/h3-6,13,16-18,24H,7-12H2,1-2H3,(H,25,27). The van der Waals surface area contributed by atoms with Crippen molar-refractivity contribution in [1.29, 1.82) is 0 Å². The van der Waals surface area contributed by atoms with Gasteiger partial charge in [-0.3, -0.25) is 9.69 Å². The van der Waals surface area contributed by atoms with Gasteiger partial charge >= 0.3 is 6.36 Å². The maximum absolute atomic E-state index is 12.3. The fraction of sp³-hybridized carbons (Fsp3) is 0.650. The van der Waals surface area contributed by atoms with Crippen LogP contribution in [0.4, 0.5) is 13.2 Å². The quantitative estimate of drug-likeness (QED) is 0.612. The molecule has 1 saturated heterocycles. The van der Waals surface area contributed by atoms with Crippen molar-refractivity contribution in [3.05, 3.63) is 29.8 Å². The molecule has 2 N–H and O–H groups in total. The topological polar surface area (TPSA) is 62.8 Å². The van der Waals surface area contributed by atoms with Crippen LogP contribution in [0.5, 0.6) is 5.75 Å². The highest BCUT2D eigenvalue weighted by molar-refractivity contribution is 5.78. The Labute approximate surface area is 168 Å². The zero-order valence-corrected chi connectivity index (χ0v) is 16.7. The van der Waals surface area contributed by atoms with Crippen molar-refractivity contribution in [3.63, 3.8) is 0 Å². The molecule has 162 valence electrons. The van der Waals surface area contributed by atoms with Gasteiger partial charge in [-0.15, -0.1) is 13.2 Å². The molecule has 1 aromatic carbocycles. The van der Waals surface area contributed by atoms with E-state index in [9.17, 15) is 18.0 Å². The first kappa shape index (κ1) is 21.9. The summed E-state index contributed by atoms with van der Waals surface area (Å²) in [5.41, 5.74) is 0.751. The van der Waals surface area contributed by atoms with Crippen molar-refractivity contribution in [1.82, 2.24) is 15.5 Å². The molecule has 1 heterocycles. The third-order valence-electron chi connectivity index (χ3n) is 5.48. The number of carbonyl (C=O) groups is 1. The zero-order valence-electron chi connectivity index (χ0n) is 16.7. The SMILES string of the molecule is COCC(C)NC(=O)CN1CC2C(CNCc3cccc(OC(F)(F)F)c3)C2C1. The molecule has 2 aliphatic rings. The van der Waals surface area contributed by atoms with E-state index in [0.717, 1.165) is 25.2 Å². The zero-order chi connectivity index (χ0) is 21.0. The minimum Gasteiger partial charge on any atom is -0.406 e. The highest BCUT2D eigenvalue weighted by Gasteiger charge is 2.54. The van der Waals surface area contributed by atoms with Crippen LogP contribution >= 0.6 is 0 Å². The Kier molecular flexibility index (Phi) is 7.02. The summed E-state index contributed by atoms with van der Waals surface area (Å²) in [5, 5.41) is 6.25. The number of nitrogens with zero attached hydrogens (tertiary/aromatic N) is 1. The number of nitrogens with one attached hydrogen (secondary N) is 2. The highest BCUT2D eigenvalue weighted by atomic mass is 19.4. The Morgan fingerprint density at radius 1 is 1.31 bits per heavy atom. The van der Waals surface area contributed by atoms with E-state index in [1.165, 1.54) is 12.1 Å². The van der Waals surface area contributed by atoms with E-state index in [-0.39, 0.29) is 17.7 Å². The van der Waals surface area contributed by atoms with Gasteiger partial charge in [-0.25, -0.2) is 0 Å². The number of fused-ring (bicyclic) bond motifs is 1. The Bertz CT molecular complexity index is 689. The number of halogens is 3. The average Bonchev–Trinajstić information content (AvgIpc) is 3.06. The minimum atomic E-state index is -4.68. The van der Waals surface area contributed by atoms with Gasteiger partial charge in [-0.1, -0.05) is 12.1 Å². The van der Waals surface area contributed by atoms with Crippen LogP contribution in [0.25, 0.3) is 0 Å². The van der Waals surface area contributed by atoms with Gasteiger partial charge in [-0.2, -0.15) is 0 Å². The van der Waals surface area contributed by atoms with Crippen molar-refractivity contribution in [3.8, 4) is 5.75 Å². The molecule has 0 radical (unpaired) electrons. The van der Waals surface area contributed by atoms with Gasteiger partial charge in [-0.05, 0) is 48.9 Å². The molecule has 3 unspecified atom stereocenters. The Balaban J connectivity index is 1.33. The largest absolute Gasteiger partial charge is 0.573 e. The molecule has 2 fully saturated rings. The van der Waals surface area contributed by atoms with Crippen LogP contribution in [-0.2, 0) is 16.1 Å². The molecule has 0 spiro atoms. The molecule has 1 amide bonds. The van der Waals surface area contributed by atoms with Crippen molar-refractivity contribution >= 4 is 5.91 Å². The van der Waals surface area contributed by atoms with Crippen molar-refractivity contribution in [2.75, 3.05) is 39.9 Å². The molecule has 3 rings (SSSR count). The van der Waals surface area contributed by atoms with Crippen LogP contribution in [0, 0.1) is 17.8 Å². The third kappa shape index (κ3) is 6.58. The van der Waals surface area contributed by atoms with Crippen molar-refractivity contribution < 1.29 is 27.4 Å². The lowest BCUT2D eigenvalue weighted by molar-refractivity contribution is -0.274. The molecule has 3 atom stereocenters. The van der Waals surface area contributed by atoms with Gasteiger partial charge in [0.15, 0.2) is 0 Å². The minimum absolute atomic E-state index is 0.00150. The first-order valence-electron chi connectivity index (χ1n) is 9.81. The van der Waals surface area contributed by atoms with Gasteiger partial charge < -0.3 is 20.1 Å². The summed E-state index contributed by atoms with van der Waals surface area (Å²) in [4.78, 5) is 14.2. The summed E-state index contributed by atoms with van der Waals surface area (Å²) in [5.74, 6) is 1.56. The van der Waals surface area contributed by atoms with Crippen LogP contribution in [0.2, 0.25) is 0 Å². The van der Waals surface area contributed by atoms with Gasteiger partial charge in [0.25, 0.3) is 0 Å². The highest BCUT2D eigenvalue weighted by Crippen LogP contribution is 2.51. The van der Waals surface area contributed by atoms with Crippen LogP contribution in [0.15, 0.2) is 24.3 Å². The van der Waals surface area contributed by atoms with E-state index in [4.69, 9.17) is 4.74 Å². The summed E-state index contributed by atoms with van der Waals surface area (Å²) < 4.78 is 45.9. The van der Waals surface area contributed by atoms with Crippen LogP contribution in [0.1, 0.15) is 12.5 Å². The maximum Gasteiger partial charge on any atom is 0.573 e. The molecule has 1 saturated carbocycles. The molecule has 0 bridgehead atoms. The Morgan fingerprint density at radius 3 is 2.69 bits per heavy atom. The van der Waals surface area contributed by atoms with E-state index < -0.39 is 6.36 Å². The maximum atomic E-state index is 12.3. The molecule has 29 heavy (non-hydrogen) atoms. The number of amides is 1. The number of alkyl halides is 3. The Hall–Kier alpha value is -1.84. The molecule has 1 aliphatic heterocycles. The second-order valence-electron chi connectivity index (χ2n) is 7.94. The number of methoxy groups -OCH3 is 1. The lowest BCUT2D eigenvalue weighted by Crippen LogP contribution is -2.42. The van der Waals surface area contributed by atoms with Crippen LogP contribution in [0.3, 0.4) is 0 Å². The first-order valence-corrected chi connectivity index (χ1v) is 9.81. The van der Waals surface area contributed by atoms with E-state index in [0.29, 0.717) is 37.5 Å². The Morgan fingerprint density at radius 2 is 2.03 bits per heavy atom. The molecule has 9 heteroatoms. The van der Waals surface area contributed by atoms with Crippen LogP contribution in [-0.4, -0.2) is 63.1 Å². The molecule has 6 nitrogen and oxygen atoms in total. The van der Waals surface area contributed by atoms with Gasteiger partial charge in [0.2, 0.25) is 5.91 Å². The smallest absolute Gasteiger partial charge is 0.406 e. The molecule has 1 aromatic rings. The summed E-state index contributed by atoms with van der Waals surface area (Å²) in [6.07, 6.45) is -4.68. The number of benzene rings is 1. The lowest BCUT2D eigenvalue weighted by atomic mass is 10.2. The average molecular weight is 415 g/mol. The molecular formula is C20H28F3N3O3. The van der Waals surface area contributed by atoms with Gasteiger partial charge in [0.1, 0.15) is 5.75 Å². The molecule has 0 aromatic heterocycles. The predicted octanol–water partition coefficient (Wildman–Crippen LogP) is 2.00. The number of hydrogen-bond acceptors (Lipinski definition) is 5. The van der Waals surface area contributed by atoms with E-state index in [2.05, 4.69) is 20.3 Å². The fourth-order valence-electron chi connectivity index (χ4n) is 4.22. The second kappa shape index (κ2) is 9.32. The molecule has 1 aliphatic carbocycles.